The zero-order chi connectivity index (χ0) is 13.4. The molecule has 1 aliphatic rings. The van der Waals surface area contributed by atoms with E-state index >= 15 is 0 Å². The lowest BCUT2D eigenvalue weighted by atomic mass is 9.77. The van der Waals surface area contributed by atoms with Crippen LogP contribution in [0.25, 0.3) is 0 Å². The van der Waals surface area contributed by atoms with E-state index in [0.29, 0.717) is 12.0 Å². The Morgan fingerprint density at radius 2 is 2.11 bits per heavy atom. The van der Waals surface area contributed by atoms with Crippen molar-refractivity contribution in [3.63, 3.8) is 0 Å². The first-order chi connectivity index (χ1) is 9.20. The number of fused-ring (bicyclic) bond motifs is 1. The number of aryl methyl sites for hydroxylation is 1. The normalized spacial score (nSPS) is 18.6. The van der Waals surface area contributed by atoms with Crippen molar-refractivity contribution in [2.75, 3.05) is 7.05 Å². The van der Waals surface area contributed by atoms with E-state index in [2.05, 4.69) is 48.4 Å². The fraction of sp³-hybridized carbons (Fsp3) is 0.375. The zero-order valence-electron chi connectivity index (χ0n) is 11.6. The van der Waals surface area contributed by atoms with Gasteiger partial charge in [0.25, 0.3) is 0 Å². The fourth-order valence-corrected chi connectivity index (χ4v) is 2.73. The summed E-state index contributed by atoms with van der Waals surface area (Å²) in [5.41, 5.74) is 5.08. The second-order valence-corrected chi connectivity index (χ2v) is 5.23. The predicted molar refractivity (Wildman–Crippen MR) is 76.2 cm³/mol. The lowest BCUT2D eigenvalue weighted by molar-refractivity contribution is 0.619. The minimum absolute atomic E-state index is 0.294. The van der Waals surface area contributed by atoms with Gasteiger partial charge in [-0.2, -0.15) is 0 Å². The number of benzene rings is 1. The van der Waals surface area contributed by atoms with Gasteiger partial charge in [-0.1, -0.05) is 24.3 Å². The smallest absolute Gasteiger partial charge is 0.136 e. The van der Waals surface area contributed by atoms with Gasteiger partial charge in [-0.25, -0.2) is 9.97 Å². The molecular formula is C16H19N3. The second kappa shape index (κ2) is 4.74. The summed E-state index contributed by atoms with van der Waals surface area (Å²) in [7, 11) is 1.96. The maximum atomic E-state index is 4.71. The van der Waals surface area contributed by atoms with Crippen molar-refractivity contribution in [3.8, 4) is 0 Å². The molecule has 2 atom stereocenters. The van der Waals surface area contributed by atoms with Crippen molar-refractivity contribution in [3.05, 3.63) is 58.7 Å². The van der Waals surface area contributed by atoms with Crippen LogP contribution in [0, 0.1) is 6.92 Å². The molecule has 0 bridgehead atoms. The Balaban J connectivity index is 1.91. The van der Waals surface area contributed by atoms with Crippen LogP contribution in [0.3, 0.4) is 0 Å². The van der Waals surface area contributed by atoms with E-state index < -0.39 is 0 Å². The average molecular weight is 253 g/mol. The maximum absolute atomic E-state index is 4.71. The number of rotatable bonds is 3. The van der Waals surface area contributed by atoms with Gasteiger partial charge in [-0.3, -0.25) is 0 Å². The third kappa shape index (κ3) is 2.04. The van der Waals surface area contributed by atoms with Crippen molar-refractivity contribution >= 4 is 0 Å². The highest BCUT2D eigenvalue weighted by Gasteiger charge is 2.29. The van der Waals surface area contributed by atoms with Crippen molar-refractivity contribution in [1.29, 1.82) is 0 Å². The highest BCUT2D eigenvalue weighted by Crippen LogP contribution is 2.38. The Hall–Kier alpha value is -1.74. The molecule has 2 aromatic rings. The first kappa shape index (κ1) is 12.3. The van der Waals surface area contributed by atoms with E-state index in [4.69, 9.17) is 4.98 Å². The summed E-state index contributed by atoms with van der Waals surface area (Å²) in [6.45, 7) is 4.20. The number of aromatic nitrogens is 2. The molecule has 1 aromatic heterocycles. The molecule has 0 radical (unpaired) electrons. The van der Waals surface area contributed by atoms with Crippen LogP contribution in [-0.2, 0) is 6.42 Å². The van der Waals surface area contributed by atoms with Crippen molar-refractivity contribution in [2.45, 2.75) is 32.2 Å². The molecule has 0 saturated heterocycles. The summed E-state index contributed by atoms with van der Waals surface area (Å²) in [6.07, 6.45) is 3.04. The van der Waals surface area contributed by atoms with E-state index in [9.17, 15) is 0 Å². The summed E-state index contributed by atoms with van der Waals surface area (Å²) in [4.78, 5) is 9.29. The molecule has 1 heterocycles. The second-order valence-electron chi connectivity index (χ2n) is 5.23. The van der Waals surface area contributed by atoms with Crippen molar-refractivity contribution in [2.24, 2.45) is 0 Å². The molecule has 19 heavy (non-hydrogen) atoms. The summed E-state index contributed by atoms with van der Waals surface area (Å²) in [5, 5.41) is 3.23. The summed E-state index contributed by atoms with van der Waals surface area (Å²) >= 11 is 0. The Kier molecular flexibility index (Phi) is 3.07. The molecule has 0 aliphatic heterocycles. The van der Waals surface area contributed by atoms with E-state index in [0.717, 1.165) is 17.9 Å². The van der Waals surface area contributed by atoms with Gasteiger partial charge in [0.05, 0.1) is 0 Å². The third-order valence-corrected chi connectivity index (χ3v) is 4.10. The number of hydrogen-bond donors (Lipinski definition) is 1. The van der Waals surface area contributed by atoms with Gasteiger partial charge in [-0.05, 0) is 38.4 Å². The minimum Gasteiger partial charge on any atom is -0.313 e. The number of hydrogen-bond acceptors (Lipinski definition) is 3. The summed E-state index contributed by atoms with van der Waals surface area (Å²) < 4.78 is 0. The molecule has 3 nitrogen and oxygen atoms in total. The molecule has 1 aromatic carbocycles. The van der Waals surface area contributed by atoms with E-state index in [1.165, 1.54) is 16.7 Å². The SMILES string of the molecule is CNC(C)c1cnc(C2Cc3ccccc32)nc1C. The fourth-order valence-electron chi connectivity index (χ4n) is 2.73. The van der Waals surface area contributed by atoms with Gasteiger partial charge in [0.15, 0.2) is 0 Å². The van der Waals surface area contributed by atoms with Crippen LogP contribution in [-0.4, -0.2) is 17.0 Å². The Morgan fingerprint density at radius 3 is 2.79 bits per heavy atom. The molecule has 3 rings (SSSR count). The van der Waals surface area contributed by atoms with Crippen molar-refractivity contribution in [1.82, 2.24) is 15.3 Å². The summed E-state index contributed by atoms with van der Waals surface area (Å²) in [5.74, 6) is 1.34. The van der Waals surface area contributed by atoms with E-state index in [1.807, 2.05) is 13.2 Å². The molecule has 98 valence electrons. The minimum atomic E-state index is 0.294. The van der Waals surface area contributed by atoms with E-state index in [-0.39, 0.29) is 0 Å². The third-order valence-electron chi connectivity index (χ3n) is 4.10. The monoisotopic (exact) mass is 253 g/mol. The highest BCUT2D eigenvalue weighted by atomic mass is 14.9. The molecule has 2 unspecified atom stereocenters. The number of nitrogens with zero attached hydrogens (tertiary/aromatic N) is 2. The quantitative estimate of drug-likeness (QED) is 0.914. The van der Waals surface area contributed by atoms with Crippen LogP contribution >= 0.6 is 0 Å². The standard InChI is InChI=1S/C16H19N3/c1-10(17-3)15-9-18-16(19-11(15)2)14-8-12-6-4-5-7-13(12)14/h4-7,9-10,14,17H,8H2,1-3H3. The molecule has 0 spiro atoms. The Labute approximate surface area is 114 Å². The lowest BCUT2D eigenvalue weighted by Crippen LogP contribution is -2.22. The van der Waals surface area contributed by atoms with Gasteiger partial charge >= 0.3 is 0 Å². The molecular weight excluding hydrogens is 234 g/mol. The molecule has 1 N–H and O–H groups in total. The maximum Gasteiger partial charge on any atom is 0.136 e. The molecule has 1 aliphatic carbocycles. The Morgan fingerprint density at radius 1 is 1.32 bits per heavy atom. The van der Waals surface area contributed by atoms with Crippen LogP contribution in [0.1, 0.15) is 47.1 Å². The highest BCUT2D eigenvalue weighted by molar-refractivity contribution is 5.44. The lowest BCUT2D eigenvalue weighted by Gasteiger charge is -2.29. The van der Waals surface area contributed by atoms with Crippen LogP contribution in [0.5, 0.6) is 0 Å². The topological polar surface area (TPSA) is 37.8 Å². The predicted octanol–water partition coefficient (Wildman–Crippen LogP) is 2.75. The van der Waals surface area contributed by atoms with Crippen molar-refractivity contribution < 1.29 is 0 Å². The molecule has 0 fully saturated rings. The van der Waals surface area contributed by atoms with Crippen LogP contribution < -0.4 is 5.32 Å². The Bertz CT molecular complexity index is 607. The first-order valence-electron chi connectivity index (χ1n) is 6.79. The molecule has 3 heteroatoms. The van der Waals surface area contributed by atoms with Gasteiger partial charge < -0.3 is 5.32 Å². The van der Waals surface area contributed by atoms with Crippen LogP contribution in [0.4, 0.5) is 0 Å². The molecule has 0 amide bonds. The number of nitrogens with one attached hydrogen (secondary N) is 1. The average Bonchev–Trinajstić information content (AvgIpc) is 2.39. The van der Waals surface area contributed by atoms with Crippen LogP contribution in [0.15, 0.2) is 30.5 Å². The van der Waals surface area contributed by atoms with Gasteiger partial charge in [-0.15, -0.1) is 0 Å². The van der Waals surface area contributed by atoms with Gasteiger partial charge in [0.1, 0.15) is 5.82 Å². The van der Waals surface area contributed by atoms with Crippen LogP contribution in [0.2, 0.25) is 0 Å². The van der Waals surface area contributed by atoms with E-state index in [1.54, 1.807) is 0 Å². The van der Waals surface area contributed by atoms with Gasteiger partial charge in [0, 0.05) is 29.4 Å². The largest absolute Gasteiger partial charge is 0.313 e. The van der Waals surface area contributed by atoms with Gasteiger partial charge in [0.2, 0.25) is 0 Å². The zero-order valence-corrected chi connectivity index (χ0v) is 11.6. The first-order valence-corrected chi connectivity index (χ1v) is 6.79. The molecule has 0 saturated carbocycles. The summed E-state index contributed by atoms with van der Waals surface area (Å²) in [6, 6.07) is 8.86.